The Morgan fingerprint density at radius 3 is 2.88 bits per heavy atom. The highest BCUT2D eigenvalue weighted by molar-refractivity contribution is 5.47. The average molecular weight is 219 g/mol. The summed E-state index contributed by atoms with van der Waals surface area (Å²) in [6, 6.07) is 2.14. The van der Waals surface area contributed by atoms with E-state index in [4.69, 9.17) is 0 Å². The summed E-state index contributed by atoms with van der Waals surface area (Å²) in [5.41, 5.74) is 1.29. The molecule has 3 heteroatoms. The molecule has 0 amide bonds. The maximum Gasteiger partial charge on any atom is 0.0107 e. The van der Waals surface area contributed by atoms with Crippen LogP contribution in [0.4, 0.5) is 0 Å². The molecule has 1 aromatic rings. The van der Waals surface area contributed by atoms with Gasteiger partial charge in [0.05, 0.1) is 0 Å². The Balaban J connectivity index is 1.69. The number of rotatable bonds is 4. The minimum absolute atomic E-state index is 1.14. The quantitative estimate of drug-likeness (QED) is 0.824. The topological polar surface area (TPSA) is 20.2 Å². The van der Waals surface area contributed by atoms with Gasteiger partial charge >= 0.3 is 0 Å². The van der Waals surface area contributed by atoms with Crippen LogP contribution in [-0.4, -0.2) is 42.2 Å². The van der Waals surface area contributed by atoms with Crippen molar-refractivity contribution in [1.29, 1.82) is 0 Å². The van der Waals surface area contributed by atoms with Gasteiger partial charge in [-0.2, -0.15) is 0 Å². The Hall–Kier alpha value is -1.06. The smallest absolute Gasteiger partial charge is 0.0107 e. The molecule has 1 aliphatic heterocycles. The van der Waals surface area contributed by atoms with Gasteiger partial charge in [0.25, 0.3) is 0 Å². The predicted octanol–water partition coefficient (Wildman–Crippen LogP) is 1.33. The van der Waals surface area contributed by atoms with Crippen molar-refractivity contribution in [3.63, 3.8) is 0 Å². The SMILES string of the molecule is Cn1ccc(/C=C/CCN2CCNCC2)c1. The second kappa shape index (κ2) is 5.87. The zero-order valence-electron chi connectivity index (χ0n) is 10.0. The first kappa shape index (κ1) is 11.4. The molecule has 1 aromatic heterocycles. The van der Waals surface area contributed by atoms with Crippen molar-refractivity contribution in [3.8, 4) is 0 Å². The zero-order chi connectivity index (χ0) is 11.2. The van der Waals surface area contributed by atoms with Crippen LogP contribution in [0.25, 0.3) is 6.08 Å². The molecule has 3 nitrogen and oxygen atoms in total. The molecule has 2 heterocycles. The second-order valence-electron chi connectivity index (χ2n) is 4.39. The van der Waals surface area contributed by atoms with Gasteiger partial charge in [-0.25, -0.2) is 0 Å². The third-order valence-electron chi connectivity index (χ3n) is 2.99. The molecule has 0 aliphatic carbocycles. The van der Waals surface area contributed by atoms with Gasteiger partial charge in [-0.3, -0.25) is 0 Å². The van der Waals surface area contributed by atoms with Gasteiger partial charge in [0, 0.05) is 52.2 Å². The normalized spacial score (nSPS) is 18.3. The molecule has 1 fully saturated rings. The monoisotopic (exact) mass is 219 g/mol. The summed E-state index contributed by atoms with van der Waals surface area (Å²) in [6.07, 6.45) is 9.85. The van der Waals surface area contributed by atoms with Crippen LogP contribution in [-0.2, 0) is 7.05 Å². The Bertz CT molecular complexity index is 335. The van der Waals surface area contributed by atoms with E-state index in [9.17, 15) is 0 Å². The fraction of sp³-hybridized carbons (Fsp3) is 0.538. The lowest BCUT2D eigenvalue weighted by Crippen LogP contribution is -2.43. The number of hydrogen-bond donors (Lipinski definition) is 1. The summed E-state index contributed by atoms with van der Waals surface area (Å²) in [7, 11) is 2.05. The van der Waals surface area contributed by atoms with Crippen LogP contribution in [0.15, 0.2) is 24.5 Å². The first-order chi connectivity index (χ1) is 7.84. The molecule has 1 N–H and O–H groups in total. The van der Waals surface area contributed by atoms with Crippen LogP contribution in [0.3, 0.4) is 0 Å². The predicted molar refractivity (Wildman–Crippen MR) is 68.4 cm³/mol. The van der Waals surface area contributed by atoms with Crippen molar-refractivity contribution >= 4 is 6.08 Å². The van der Waals surface area contributed by atoms with Gasteiger partial charge in [-0.1, -0.05) is 12.2 Å². The molecule has 16 heavy (non-hydrogen) atoms. The minimum Gasteiger partial charge on any atom is -0.357 e. The lowest BCUT2D eigenvalue weighted by atomic mass is 10.2. The number of piperazine rings is 1. The highest BCUT2D eigenvalue weighted by atomic mass is 15.2. The number of aryl methyl sites for hydroxylation is 1. The number of hydrogen-bond acceptors (Lipinski definition) is 2. The van der Waals surface area contributed by atoms with Gasteiger partial charge in [0.15, 0.2) is 0 Å². The summed E-state index contributed by atoms with van der Waals surface area (Å²) in [5.74, 6) is 0. The minimum atomic E-state index is 1.14. The van der Waals surface area contributed by atoms with E-state index >= 15 is 0 Å². The van der Waals surface area contributed by atoms with E-state index < -0.39 is 0 Å². The molecule has 0 saturated carbocycles. The van der Waals surface area contributed by atoms with Crippen LogP contribution in [0.1, 0.15) is 12.0 Å². The Morgan fingerprint density at radius 1 is 1.38 bits per heavy atom. The third-order valence-corrected chi connectivity index (χ3v) is 2.99. The van der Waals surface area contributed by atoms with Crippen molar-refractivity contribution in [2.24, 2.45) is 7.05 Å². The van der Waals surface area contributed by atoms with Gasteiger partial charge in [0.1, 0.15) is 0 Å². The van der Waals surface area contributed by atoms with E-state index in [0.717, 1.165) is 19.5 Å². The molecule has 0 unspecified atom stereocenters. The molecule has 88 valence electrons. The summed E-state index contributed by atoms with van der Waals surface area (Å²) in [4.78, 5) is 2.52. The van der Waals surface area contributed by atoms with Crippen LogP contribution < -0.4 is 5.32 Å². The fourth-order valence-corrected chi connectivity index (χ4v) is 2.03. The van der Waals surface area contributed by atoms with E-state index in [1.54, 1.807) is 0 Å². The Labute approximate surface area is 97.7 Å². The summed E-state index contributed by atoms with van der Waals surface area (Å²) in [5, 5.41) is 3.37. The average Bonchev–Trinajstić information content (AvgIpc) is 2.72. The number of nitrogens with one attached hydrogen (secondary N) is 1. The zero-order valence-corrected chi connectivity index (χ0v) is 10.0. The molecule has 0 radical (unpaired) electrons. The fourth-order valence-electron chi connectivity index (χ4n) is 2.03. The molecule has 0 atom stereocenters. The summed E-state index contributed by atoms with van der Waals surface area (Å²) < 4.78 is 2.08. The first-order valence-corrected chi connectivity index (χ1v) is 6.06. The molecule has 0 bridgehead atoms. The highest BCUT2D eigenvalue weighted by Crippen LogP contribution is 2.03. The van der Waals surface area contributed by atoms with E-state index in [1.807, 2.05) is 0 Å². The molecule has 0 spiro atoms. The van der Waals surface area contributed by atoms with Crippen molar-refractivity contribution in [2.45, 2.75) is 6.42 Å². The second-order valence-corrected chi connectivity index (χ2v) is 4.39. The molecular formula is C13H21N3. The first-order valence-electron chi connectivity index (χ1n) is 6.06. The van der Waals surface area contributed by atoms with Crippen LogP contribution in [0.2, 0.25) is 0 Å². The Kier molecular flexibility index (Phi) is 4.19. The summed E-state index contributed by atoms with van der Waals surface area (Å²) in [6.45, 7) is 5.86. The van der Waals surface area contributed by atoms with E-state index in [0.29, 0.717) is 0 Å². The Morgan fingerprint density at radius 2 is 2.19 bits per heavy atom. The van der Waals surface area contributed by atoms with E-state index in [2.05, 4.69) is 52.4 Å². The van der Waals surface area contributed by atoms with E-state index in [-0.39, 0.29) is 0 Å². The van der Waals surface area contributed by atoms with Gasteiger partial charge < -0.3 is 14.8 Å². The van der Waals surface area contributed by atoms with Crippen molar-refractivity contribution < 1.29 is 0 Å². The third kappa shape index (κ3) is 3.51. The van der Waals surface area contributed by atoms with Crippen LogP contribution in [0.5, 0.6) is 0 Å². The molecule has 2 rings (SSSR count). The highest BCUT2D eigenvalue weighted by Gasteiger charge is 2.06. The molecule has 1 aliphatic rings. The lowest BCUT2D eigenvalue weighted by molar-refractivity contribution is 0.245. The van der Waals surface area contributed by atoms with Crippen molar-refractivity contribution in [2.75, 3.05) is 32.7 Å². The molecular weight excluding hydrogens is 198 g/mol. The largest absolute Gasteiger partial charge is 0.357 e. The van der Waals surface area contributed by atoms with Crippen molar-refractivity contribution in [1.82, 2.24) is 14.8 Å². The molecule has 1 saturated heterocycles. The van der Waals surface area contributed by atoms with Gasteiger partial charge in [0.2, 0.25) is 0 Å². The van der Waals surface area contributed by atoms with Crippen LogP contribution >= 0.6 is 0 Å². The van der Waals surface area contributed by atoms with Gasteiger partial charge in [-0.05, 0) is 18.1 Å². The molecule has 0 aromatic carbocycles. The number of aromatic nitrogens is 1. The summed E-state index contributed by atoms with van der Waals surface area (Å²) >= 11 is 0. The van der Waals surface area contributed by atoms with E-state index in [1.165, 1.54) is 25.2 Å². The standard InChI is InChI=1S/C13H21N3/c1-15-9-5-13(12-15)4-2-3-8-16-10-6-14-7-11-16/h2,4-5,9,12,14H,3,6-8,10-11H2,1H3/b4-2+. The van der Waals surface area contributed by atoms with Crippen molar-refractivity contribution in [3.05, 3.63) is 30.1 Å². The number of nitrogens with zero attached hydrogens (tertiary/aromatic N) is 2. The maximum absolute atomic E-state index is 3.37. The maximum atomic E-state index is 3.37. The lowest BCUT2D eigenvalue weighted by Gasteiger charge is -2.26. The van der Waals surface area contributed by atoms with Crippen LogP contribution in [0, 0.1) is 0 Å². The van der Waals surface area contributed by atoms with Gasteiger partial charge in [-0.15, -0.1) is 0 Å².